The minimum absolute atomic E-state index is 0.0847. The zero-order chi connectivity index (χ0) is 12.8. The van der Waals surface area contributed by atoms with Gasteiger partial charge in [-0.05, 0) is 30.9 Å². The Bertz CT molecular complexity index is 360. The third-order valence-electron chi connectivity index (χ3n) is 2.38. The molecular weight excluding hydrogens is 216 g/mol. The van der Waals surface area contributed by atoms with Crippen molar-refractivity contribution in [2.45, 2.75) is 39.8 Å². The van der Waals surface area contributed by atoms with Crippen LogP contribution in [0.3, 0.4) is 0 Å². The maximum Gasteiger partial charge on any atom is 0.357 e. The molecule has 94 valence electrons. The quantitative estimate of drug-likeness (QED) is 0.795. The molecule has 1 aromatic rings. The van der Waals surface area contributed by atoms with Crippen molar-refractivity contribution in [3.8, 4) is 0 Å². The van der Waals surface area contributed by atoms with E-state index in [1.807, 2.05) is 6.92 Å². The molecule has 0 aliphatic carbocycles. The number of aromatic nitrogens is 1. The number of ether oxygens (including phenoxy) is 1. The number of carbonyl (C=O) groups excluding carboxylic acids is 1. The van der Waals surface area contributed by atoms with Gasteiger partial charge in [0.25, 0.3) is 0 Å². The van der Waals surface area contributed by atoms with Crippen molar-refractivity contribution < 1.29 is 9.53 Å². The molecule has 1 heterocycles. The van der Waals surface area contributed by atoms with Crippen LogP contribution >= 0.6 is 0 Å². The van der Waals surface area contributed by atoms with Crippen molar-refractivity contribution in [2.75, 3.05) is 0 Å². The Hall–Kier alpha value is -1.42. The zero-order valence-corrected chi connectivity index (χ0v) is 10.6. The summed E-state index contributed by atoms with van der Waals surface area (Å²) in [5.74, 6) is 0.132. The summed E-state index contributed by atoms with van der Waals surface area (Å²) < 4.78 is 5.29. The number of nitrogens with two attached hydrogens (primary N) is 1. The van der Waals surface area contributed by atoms with E-state index in [0.717, 1.165) is 12.0 Å². The highest BCUT2D eigenvalue weighted by atomic mass is 16.5. The van der Waals surface area contributed by atoms with E-state index in [1.54, 1.807) is 18.3 Å². The number of nitrogens with zero attached hydrogens (tertiary/aromatic N) is 1. The molecule has 0 saturated carbocycles. The van der Waals surface area contributed by atoms with Gasteiger partial charge in [0, 0.05) is 12.7 Å². The summed E-state index contributed by atoms with van der Waals surface area (Å²) in [6.45, 7) is 6.51. The summed E-state index contributed by atoms with van der Waals surface area (Å²) in [7, 11) is 0. The van der Waals surface area contributed by atoms with Crippen LogP contribution in [0.5, 0.6) is 0 Å². The van der Waals surface area contributed by atoms with E-state index in [0.29, 0.717) is 18.2 Å². The average molecular weight is 236 g/mol. The fourth-order valence-electron chi connectivity index (χ4n) is 1.62. The van der Waals surface area contributed by atoms with Gasteiger partial charge in [0.2, 0.25) is 0 Å². The normalized spacial score (nSPS) is 12.5. The minimum atomic E-state index is -0.373. The van der Waals surface area contributed by atoms with Gasteiger partial charge in [0.1, 0.15) is 5.69 Å². The van der Waals surface area contributed by atoms with E-state index in [-0.39, 0.29) is 12.1 Å². The second-order valence-electron chi connectivity index (χ2n) is 4.60. The van der Waals surface area contributed by atoms with Crippen LogP contribution in [0, 0.1) is 5.92 Å². The van der Waals surface area contributed by atoms with Gasteiger partial charge in [0.15, 0.2) is 0 Å². The number of esters is 1. The molecular formula is C13H20N2O2. The van der Waals surface area contributed by atoms with Gasteiger partial charge in [-0.3, -0.25) is 0 Å². The Morgan fingerprint density at radius 3 is 2.59 bits per heavy atom. The van der Waals surface area contributed by atoms with Gasteiger partial charge in [-0.1, -0.05) is 19.9 Å². The average Bonchev–Trinajstić information content (AvgIpc) is 2.28. The summed E-state index contributed by atoms with van der Waals surface area (Å²) in [6.07, 6.45) is 2.37. The Morgan fingerprint density at radius 1 is 1.41 bits per heavy atom. The lowest BCUT2D eigenvalue weighted by Crippen LogP contribution is -2.18. The van der Waals surface area contributed by atoms with Crippen molar-refractivity contribution in [3.63, 3.8) is 0 Å². The second-order valence-corrected chi connectivity index (χ2v) is 4.60. The number of pyridine rings is 1. The van der Waals surface area contributed by atoms with Gasteiger partial charge in [-0.25, -0.2) is 9.78 Å². The Kier molecular flexibility index (Phi) is 5.10. The smallest absolute Gasteiger partial charge is 0.357 e. The first-order valence-corrected chi connectivity index (χ1v) is 5.89. The van der Waals surface area contributed by atoms with E-state index in [9.17, 15) is 4.79 Å². The Labute approximate surface area is 102 Å². The molecule has 4 heteroatoms. The van der Waals surface area contributed by atoms with Crippen LogP contribution in [0.25, 0.3) is 0 Å². The van der Waals surface area contributed by atoms with Gasteiger partial charge in [-0.15, -0.1) is 0 Å². The fourth-order valence-corrected chi connectivity index (χ4v) is 1.62. The molecule has 1 rings (SSSR count). The first kappa shape index (κ1) is 13.6. The van der Waals surface area contributed by atoms with E-state index < -0.39 is 0 Å². The summed E-state index contributed by atoms with van der Waals surface area (Å²) in [6, 6.07) is 3.43. The van der Waals surface area contributed by atoms with Gasteiger partial charge in [0.05, 0.1) is 6.10 Å². The third kappa shape index (κ3) is 4.53. The lowest BCUT2D eigenvalue weighted by molar-refractivity contribution is 0.0293. The lowest BCUT2D eigenvalue weighted by atomic mass is 10.1. The second kappa shape index (κ2) is 6.35. The summed E-state index contributed by atoms with van der Waals surface area (Å²) in [5, 5.41) is 0. The minimum Gasteiger partial charge on any atom is -0.458 e. The summed E-state index contributed by atoms with van der Waals surface area (Å²) >= 11 is 0. The van der Waals surface area contributed by atoms with E-state index in [4.69, 9.17) is 10.5 Å². The van der Waals surface area contributed by atoms with Crippen molar-refractivity contribution in [1.29, 1.82) is 0 Å². The molecule has 0 aliphatic heterocycles. The van der Waals surface area contributed by atoms with E-state index in [2.05, 4.69) is 18.8 Å². The largest absolute Gasteiger partial charge is 0.458 e. The molecule has 0 spiro atoms. The summed E-state index contributed by atoms with van der Waals surface area (Å²) in [4.78, 5) is 15.7. The Morgan fingerprint density at radius 2 is 2.12 bits per heavy atom. The molecule has 2 N–H and O–H groups in total. The molecule has 0 fully saturated rings. The van der Waals surface area contributed by atoms with Gasteiger partial charge in [-0.2, -0.15) is 0 Å². The van der Waals surface area contributed by atoms with Crippen LogP contribution in [0.15, 0.2) is 18.3 Å². The topological polar surface area (TPSA) is 65.2 Å². The molecule has 17 heavy (non-hydrogen) atoms. The molecule has 1 unspecified atom stereocenters. The predicted molar refractivity (Wildman–Crippen MR) is 66.5 cm³/mol. The molecule has 0 radical (unpaired) electrons. The first-order valence-electron chi connectivity index (χ1n) is 5.89. The van der Waals surface area contributed by atoms with E-state index >= 15 is 0 Å². The molecule has 0 amide bonds. The number of rotatable bonds is 5. The highest BCUT2D eigenvalue weighted by Gasteiger charge is 2.14. The standard InChI is InChI=1S/C13H20N2O2/c1-9(2)6-10(3)17-13(16)12-5-4-11(7-14)8-15-12/h4-5,8-10H,6-7,14H2,1-3H3. The SMILES string of the molecule is CC(C)CC(C)OC(=O)c1ccc(CN)cn1. The molecule has 0 aromatic carbocycles. The molecule has 1 atom stereocenters. The monoisotopic (exact) mass is 236 g/mol. The van der Waals surface area contributed by atoms with Crippen LogP contribution in [0.2, 0.25) is 0 Å². The van der Waals surface area contributed by atoms with E-state index in [1.165, 1.54) is 0 Å². The molecule has 0 bridgehead atoms. The highest BCUT2D eigenvalue weighted by Crippen LogP contribution is 2.10. The number of hydrogen-bond acceptors (Lipinski definition) is 4. The zero-order valence-electron chi connectivity index (χ0n) is 10.6. The highest BCUT2D eigenvalue weighted by molar-refractivity contribution is 5.87. The molecule has 1 aromatic heterocycles. The van der Waals surface area contributed by atoms with Gasteiger partial charge >= 0.3 is 5.97 Å². The first-order chi connectivity index (χ1) is 8.02. The van der Waals surface area contributed by atoms with Crippen molar-refractivity contribution in [2.24, 2.45) is 11.7 Å². The maximum atomic E-state index is 11.7. The fraction of sp³-hybridized carbons (Fsp3) is 0.538. The molecule has 0 saturated heterocycles. The molecule has 4 nitrogen and oxygen atoms in total. The van der Waals surface area contributed by atoms with Crippen LogP contribution < -0.4 is 5.73 Å². The predicted octanol–water partition coefficient (Wildman–Crippen LogP) is 2.13. The molecule has 0 aliphatic rings. The van der Waals surface area contributed by atoms with Crippen LogP contribution in [0.1, 0.15) is 43.2 Å². The van der Waals surface area contributed by atoms with Crippen LogP contribution in [-0.4, -0.2) is 17.1 Å². The lowest BCUT2D eigenvalue weighted by Gasteiger charge is -2.14. The van der Waals surface area contributed by atoms with Crippen LogP contribution in [0.4, 0.5) is 0 Å². The van der Waals surface area contributed by atoms with Crippen molar-refractivity contribution in [1.82, 2.24) is 4.98 Å². The number of hydrogen-bond donors (Lipinski definition) is 1. The van der Waals surface area contributed by atoms with Crippen LogP contribution in [-0.2, 0) is 11.3 Å². The maximum absolute atomic E-state index is 11.7. The van der Waals surface area contributed by atoms with Crippen molar-refractivity contribution in [3.05, 3.63) is 29.6 Å². The van der Waals surface area contributed by atoms with Crippen molar-refractivity contribution >= 4 is 5.97 Å². The van der Waals surface area contributed by atoms with Gasteiger partial charge < -0.3 is 10.5 Å². The Balaban J connectivity index is 2.57. The third-order valence-corrected chi connectivity index (χ3v) is 2.38. The summed E-state index contributed by atoms with van der Waals surface area (Å²) in [5.41, 5.74) is 6.69. The number of carbonyl (C=O) groups is 1.